The minimum atomic E-state index is -0.720. The zero-order valence-electron chi connectivity index (χ0n) is 14.9. The van der Waals surface area contributed by atoms with E-state index in [2.05, 4.69) is 5.32 Å². The Balaban J connectivity index is 1.95. The zero-order chi connectivity index (χ0) is 19.8. The average molecular weight is 396 g/mol. The molecule has 0 aliphatic rings. The van der Waals surface area contributed by atoms with Crippen LogP contribution >= 0.6 is 11.6 Å². The van der Waals surface area contributed by atoms with Gasteiger partial charge in [0.1, 0.15) is 5.82 Å². The van der Waals surface area contributed by atoms with Crippen molar-refractivity contribution in [2.45, 2.75) is 13.3 Å². The van der Waals surface area contributed by atoms with E-state index in [0.717, 1.165) is 12.5 Å². The number of carbonyl (C=O) groups is 2. The van der Waals surface area contributed by atoms with Gasteiger partial charge in [0.25, 0.3) is 5.91 Å². The van der Waals surface area contributed by atoms with Crippen LogP contribution in [0.5, 0.6) is 11.5 Å². The summed E-state index contributed by atoms with van der Waals surface area (Å²) in [6, 6.07) is 8.38. The molecule has 0 heterocycles. The van der Waals surface area contributed by atoms with Crippen LogP contribution in [0, 0.1) is 5.82 Å². The predicted molar refractivity (Wildman–Crippen MR) is 99.1 cm³/mol. The van der Waals surface area contributed by atoms with Crippen LogP contribution in [0.2, 0.25) is 5.02 Å². The average Bonchev–Trinajstić information content (AvgIpc) is 2.66. The van der Waals surface area contributed by atoms with Crippen molar-refractivity contribution in [2.75, 3.05) is 25.6 Å². The summed E-state index contributed by atoms with van der Waals surface area (Å²) in [5.41, 5.74) is 0.140. The molecule has 2 aromatic rings. The van der Waals surface area contributed by atoms with E-state index in [0.29, 0.717) is 18.1 Å². The Morgan fingerprint density at radius 3 is 2.59 bits per heavy atom. The SMILES string of the molecule is CCCOc1ccc(C(=O)OCC(=O)Nc2ccc(Cl)cc2F)cc1OC. The quantitative estimate of drug-likeness (QED) is 0.682. The van der Waals surface area contributed by atoms with Gasteiger partial charge in [0.2, 0.25) is 0 Å². The first kappa shape index (κ1) is 20.5. The third kappa shape index (κ3) is 5.86. The summed E-state index contributed by atoms with van der Waals surface area (Å²) in [5, 5.41) is 2.51. The van der Waals surface area contributed by atoms with Gasteiger partial charge in [-0.15, -0.1) is 0 Å². The van der Waals surface area contributed by atoms with Crippen LogP contribution in [0.25, 0.3) is 0 Å². The summed E-state index contributed by atoms with van der Waals surface area (Å²) in [4.78, 5) is 24.0. The van der Waals surface area contributed by atoms with Gasteiger partial charge in [-0.3, -0.25) is 4.79 Å². The van der Waals surface area contributed by atoms with Crippen molar-refractivity contribution in [3.63, 3.8) is 0 Å². The van der Waals surface area contributed by atoms with Crippen molar-refractivity contribution in [1.82, 2.24) is 0 Å². The standard InChI is InChI=1S/C19H19ClFNO5/c1-3-8-26-16-7-4-12(9-17(16)25-2)19(24)27-11-18(23)22-15-6-5-13(20)10-14(15)21/h4-7,9-10H,3,8,11H2,1-2H3,(H,22,23). The molecule has 1 amide bonds. The van der Waals surface area contributed by atoms with Gasteiger partial charge in [-0.25, -0.2) is 9.18 Å². The lowest BCUT2D eigenvalue weighted by atomic mass is 10.2. The van der Waals surface area contributed by atoms with Crippen LogP contribution in [-0.4, -0.2) is 32.2 Å². The molecule has 8 heteroatoms. The second-order valence-electron chi connectivity index (χ2n) is 5.46. The molecule has 27 heavy (non-hydrogen) atoms. The van der Waals surface area contributed by atoms with Gasteiger partial charge in [-0.1, -0.05) is 18.5 Å². The number of ether oxygens (including phenoxy) is 3. The smallest absolute Gasteiger partial charge is 0.338 e. The summed E-state index contributed by atoms with van der Waals surface area (Å²) in [5.74, 6) is -1.20. The summed E-state index contributed by atoms with van der Waals surface area (Å²) in [6.45, 7) is 1.91. The number of hydrogen-bond acceptors (Lipinski definition) is 5. The summed E-state index contributed by atoms with van der Waals surface area (Å²) >= 11 is 5.65. The van der Waals surface area contributed by atoms with E-state index in [4.69, 9.17) is 25.8 Å². The Hall–Kier alpha value is -2.80. The van der Waals surface area contributed by atoms with Crippen LogP contribution in [0.1, 0.15) is 23.7 Å². The highest BCUT2D eigenvalue weighted by molar-refractivity contribution is 6.30. The van der Waals surface area contributed by atoms with E-state index >= 15 is 0 Å². The normalized spacial score (nSPS) is 10.2. The van der Waals surface area contributed by atoms with Crippen LogP contribution in [0.15, 0.2) is 36.4 Å². The second-order valence-corrected chi connectivity index (χ2v) is 5.90. The number of carbonyl (C=O) groups excluding carboxylic acids is 2. The maximum Gasteiger partial charge on any atom is 0.338 e. The molecule has 0 saturated heterocycles. The van der Waals surface area contributed by atoms with Crippen molar-refractivity contribution in [2.24, 2.45) is 0 Å². The molecule has 0 atom stereocenters. The molecule has 2 aromatic carbocycles. The number of nitrogens with one attached hydrogen (secondary N) is 1. The number of hydrogen-bond donors (Lipinski definition) is 1. The molecule has 6 nitrogen and oxygen atoms in total. The Kier molecular flexibility index (Phi) is 7.43. The highest BCUT2D eigenvalue weighted by Gasteiger charge is 2.15. The Labute approximate surface area is 161 Å². The Morgan fingerprint density at radius 2 is 1.93 bits per heavy atom. The van der Waals surface area contributed by atoms with Gasteiger partial charge in [0.05, 0.1) is 25.0 Å². The fourth-order valence-electron chi connectivity index (χ4n) is 2.12. The van der Waals surface area contributed by atoms with E-state index in [1.807, 2.05) is 6.92 Å². The first-order valence-corrected chi connectivity index (χ1v) is 8.55. The van der Waals surface area contributed by atoms with Crippen molar-refractivity contribution in [1.29, 1.82) is 0 Å². The minimum absolute atomic E-state index is 0.0560. The molecule has 0 aliphatic carbocycles. The van der Waals surface area contributed by atoms with Gasteiger partial charge in [-0.05, 0) is 42.8 Å². The third-order valence-electron chi connectivity index (χ3n) is 3.40. The molecule has 144 valence electrons. The van der Waals surface area contributed by atoms with Crippen molar-refractivity contribution in [3.05, 3.63) is 52.8 Å². The first-order chi connectivity index (χ1) is 12.9. The van der Waals surface area contributed by atoms with Crippen molar-refractivity contribution >= 4 is 29.2 Å². The largest absolute Gasteiger partial charge is 0.493 e. The van der Waals surface area contributed by atoms with Gasteiger partial charge >= 0.3 is 5.97 Å². The summed E-state index contributed by atoms with van der Waals surface area (Å²) < 4.78 is 29.3. The number of methoxy groups -OCH3 is 1. The number of esters is 1. The van der Waals surface area contributed by atoms with Crippen LogP contribution in [0.3, 0.4) is 0 Å². The van der Waals surface area contributed by atoms with Gasteiger partial charge in [0.15, 0.2) is 18.1 Å². The van der Waals surface area contributed by atoms with E-state index in [-0.39, 0.29) is 16.3 Å². The van der Waals surface area contributed by atoms with Crippen LogP contribution in [-0.2, 0) is 9.53 Å². The number of amides is 1. The van der Waals surface area contributed by atoms with Gasteiger partial charge in [0, 0.05) is 5.02 Å². The zero-order valence-corrected chi connectivity index (χ0v) is 15.6. The molecule has 0 aromatic heterocycles. The molecule has 0 spiro atoms. The van der Waals surface area contributed by atoms with Gasteiger partial charge in [-0.2, -0.15) is 0 Å². The molecule has 0 radical (unpaired) electrons. The number of halogens is 2. The molecular formula is C19H19ClFNO5. The predicted octanol–water partition coefficient (Wildman–Crippen LogP) is 4.07. The molecule has 0 fully saturated rings. The number of rotatable bonds is 8. The molecule has 2 rings (SSSR count). The Bertz CT molecular complexity index is 828. The maximum atomic E-state index is 13.7. The number of benzene rings is 2. The van der Waals surface area contributed by atoms with Gasteiger partial charge < -0.3 is 19.5 Å². The van der Waals surface area contributed by atoms with E-state index in [9.17, 15) is 14.0 Å². The second kappa shape index (κ2) is 9.78. The van der Waals surface area contributed by atoms with E-state index in [1.165, 1.54) is 31.4 Å². The van der Waals surface area contributed by atoms with E-state index < -0.39 is 24.3 Å². The molecule has 0 bridgehead atoms. The molecule has 0 aliphatic heterocycles. The lowest BCUT2D eigenvalue weighted by Crippen LogP contribution is -2.21. The van der Waals surface area contributed by atoms with Crippen molar-refractivity contribution in [3.8, 4) is 11.5 Å². The fourth-order valence-corrected chi connectivity index (χ4v) is 2.28. The maximum absolute atomic E-state index is 13.7. The first-order valence-electron chi connectivity index (χ1n) is 8.17. The molecule has 0 saturated carbocycles. The molecule has 1 N–H and O–H groups in total. The summed E-state index contributed by atoms with van der Waals surface area (Å²) in [6.07, 6.45) is 0.830. The van der Waals surface area contributed by atoms with Crippen LogP contribution < -0.4 is 14.8 Å². The molecule has 0 unspecified atom stereocenters. The highest BCUT2D eigenvalue weighted by atomic mass is 35.5. The lowest BCUT2D eigenvalue weighted by molar-refractivity contribution is -0.119. The van der Waals surface area contributed by atoms with Crippen LogP contribution in [0.4, 0.5) is 10.1 Å². The fraction of sp³-hybridized carbons (Fsp3) is 0.263. The third-order valence-corrected chi connectivity index (χ3v) is 3.64. The van der Waals surface area contributed by atoms with E-state index in [1.54, 1.807) is 6.07 Å². The lowest BCUT2D eigenvalue weighted by Gasteiger charge is -2.11. The van der Waals surface area contributed by atoms with Crippen molar-refractivity contribution < 1.29 is 28.2 Å². The molecular weight excluding hydrogens is 377 g/mol. The highest BCUT2D eigenvalue weighted by Crippen LogP contribution is 2.28. The number of anilines is 1. The topological polar surface area (TPSA) is 73.9 Å². The minimum Gasteiger partial charge on any atom is -0.493 e. The monoisotopic (exact) mass is 395 g/mol. The summed E-state index contributed by atoms with van der Waals surface area (Å²) in [7, 11) is 1.46. The Morgan fingerprint density at radius 1 is 1.15 bits per heavy atom.